The number of aromatic nitrogens is 1. The third-order valence-electron chi connectivity index (χ3n) is 1.72. The molecule has 78 valence electrons. The number of methoxy groups -OCH3 is 1. The van der Waals surface area contributed by atoms with Gasteiger partial charge in [-0.05, 0) is 13.0 Å². The summed E-state index contributed by atoms with van der Waals surface area (Å²) in [4.78, 5) is 4.01. The van der Waals surface area contributed by atoms with Gasteiger partial charge in [0.25, 0.3) is 0 Å². The van der Waals surface area contributed by atoms with Crippen molar-refractivity contribution in [2.75, 3.05) is 32.2 Å². The van der Waals surface area contributed by atoms with E-state index in [0.29, 0.717) is 12.5 Å². The van der Waals surface area contributed by atoms with Gasteiger partial charge in [0.1, 0.15) is 0 Å². The molecule has 0 aliphatic carbocycles. The number of pyridine rings is 1. The van der Waals surface area contributed by atoms with Crippen LogP contribution in [0.2, 0.25) is 0 Å². The largest absolute Gasteiger partial charge is 0.481 e. The van der Waals surface area contributed by atoms with E-state index in [0.717, 1.165) is 18.8 Å². The second kappa shape index (κ2) is 6.21. The molecule has 14 heavy (non-hydrogen) atoms. The van der Waals surface area contributed by atoms with E-state index >= 15 is 0 Å². The summed E-state index contributed by atoms with van der Waals surface area (Å²) in [5.41, 5.74) is 0.997. The van der Waals surface area contributed by atoms with Crippen molar-refractivity contribution in [3.63, 3.8) is 0 Å². The lowest BCUT2D eigenvalue weighted by Crippen LogP contribution is -2.09. The van der Waals surface area contributed by atoms with Crippen LogP contribution >= 0.6 is 0 Å². The molecule has 0 aliphatic rings. The lowest BCUT2D eigenvalue weighted by Gasteiger charge is -2.06. The monoisotopic (exact) mass is 196 g/mol. The maximum Gasteiger partial charge on any atom is 0.214 e. The molecule has 0 radical (unpaired) electrons. The first kappa shape index (κ1) is 10.8. The van der Waals surface area contributed by atoms with Crippen LogP contribution in [0.3, 0.4) is 0 Å². The third-order valence-corrected chi connectivity index (χ3v) is 1.72. The summed E-state index contributed by atoms with van der Waals surface area (Å²) in [6.45, 7) is 4.24. The fraction of sp³-hybridized carbons (Fsp3) is 0.500. The van der Waals surface area contributed by atoms with E-state index in [4.69, 9.17) is 9.47 Å². The first-order valence-corrected chi connectivity index (χ1v) is 4.68. The molecule has 1 aromatic rings. The average Bonchev–Trinajstić information content (AvgIpc) is 2.25. The number of hydrogen-bond donors (Lipinski definition) is 1. The maximum atomic E-state index is 5.20. The normalized spacial score (nSPS) is 9.86. The molecule has 0 atom stereocenters. The Bertz CT molecular complexity index is 266. The van der Waals surface area contributed by atoms with Crippen LogP contribution in [0.25, 0.3) is 0 Å². The van der Waals surface area contributed by atoms with E-state index < -0.39 is 0 Å². The van der Waals surface area contributed by atoms with Gasteiger partial charge in [-0.1, -0.05) is 0 Å². The zero-order valence-electron chi connectivity index (χ0n) is 8.62. The Hall–Kier alpha value is -1.29. The van der Waals surface area contributed by atoms with Crippen molar-refractivity contribution >= 4 is 5.69 Å². The van der Waals surface area contributed by atoms with Crippen molar-refractivity contribution in [3.05, 3.63) is 18.3 Å². The SMILES string of the molecule is CCOCCNc1ccnc(OC)c1. The Morgan fingerprint density at radius 2 is 2.36 bits per heavy atom. The van der Waals surface area contributed by atoms with Crippen molar-refractivity contribution in [1.82, 2.24) is 4.98 Å². The summed E-state index contributed by atoms with van der Waals surface area (Å²) >= 11 is 0. The quantitative estimate of drug-likeness (QED) is 0.701. The van der Waals surface area contributed by atoms with Crippen LogP contribution in [0.1, 0.15) is 6.92 Å². The molecule has 4 heteroatoms. The van der Waals surface area contributed by atoms with Gasteiger partial charge in [0.15, 0.2) is 0 Å². The Kier molecular flexibility index (Phi) is 4.78. The highest BCUT2D eigenvalue weighted by Crippen LogP contribution is 2.12. The zero-order chi connectivity index (χ0) is 10.2. The van der Waals surface area contributed by atoms with Gasteiger partial charge < -0.3 is 14.8 Å². The Morgan fingerprint density at radius 3 is 3.07 bits per heavy atom. The zero-order valence-corrected chi connectivity index (χ0v) is 8.62. The number of rotatable bonds is 6. The van der Waals surface area contributed by atoms with E-state index in [1.54, 1.807) is 13.3 Å². The van der Waals surface area contributed by atoms with Gasteiger partial charge in [-0.2, -0.15) is 0 Å². The van der Waals surface area contributed by atoms with Gasteiger partial charge in [0.05, 0.1) is 13.7 Å². The predicted octanol–water partition coefficient (Wildman–Crippen LogP) is 1.54. The molecule has 1 heterocycles. The molecule has 4 nitrogen and oxygen atoms in total. The van der Waals surface area contributed by atoms with Crippen LogP contribution < -0.4 is 10.1 Å². The van der Waals surface area contributed by atoms with Crippen LogP contribution in [0.5, 0.6) is 5.88 Å². The molecule has 0 saturated heterocycles. The maximum absolute atomic E-state index is 5.20. The van der Waals surface area contributed by atoms with E-state index in [-0.39, 0.29) is 0 Å². The molecule has 1 aromatic heterocycles. The van der Waals surface area contributed by atoms with Crippen LogP contribution in [-0.2, 0) is 4.74 Å². The smallest absolute Gasteiger partial charge is 0.214 e. The van der Waals surface area contributed by atoms with Gasteiger partial charge >= 0.3 is 0 Å². The van der Waals surface area contributed by atoms with Crippen LogP contribution in [-0.4, -0.2) is 31.9 Å². The molecule has 0 unspecified atom stereocenters. The standard InChI is InChI=1S/C10H16N2O2/c1-3-14-7-6-11-9-4-5-12-10(8-9)13-2/h4-5,8H,3,6-7H2,1-2H3,(H,11,12). The molecular weight excluding hydrogens is 180 g/mol. The summed E-state index contributed by atoms with van der Waals surface area (Å²) < 4.78 is 10.2. The fourth-order valence-corrected chi connectivity index (χ4v) is 1.04. The summed E-state index contributed by atoms with van der Waals surface area (Å²) in [5.74, 6) is 0.617. The molecule has 0 amide bonds. The predicted molar refractivity (Wildman–Crippen MR) is 55.8 cm³/mol. The first-order chi connectivity index (χ1) is 6.86. The van der Waals surface area contributed by atoms with Crippen LogP contribution in [0.4, 0.5) is 5.69 Å². The van der Waals surface area contributed by atoms with Crippen molar-refractivity contribution in [2.45, 2.75) is 6.92 Å². The average molecular weight is 196 g/mol. The highest BCUT2D eigenvalue weighted by Gasteiger charge is 1.95. The molecule has 0 fully saturated rings. The molecular formula is C10H16N2O2. The van der Waals surface area contributed by atoms with Crippen molar-refractivity contribution in [2.24, 2.45) is 0 Å². The molecule has 0 aliphatic heterocycles. The topological polar surface area (TPSA) is 43.4 Å². The van der Waals surface area contributed by atoms with Gasteiger partial charge in [-0.3, -0.25) is 0 Å². The minimum atomic E-state index is 0.617. The van der Waals surface area contributed by atoms with Gasteiger partial charge in [0.2, 0.25) is 5.88 Å². The van der Waals surface area contributed by atoms with Crippen molar-refractivity contribution in [1.29, 1.82) is 0 Å². The minimum Gasteiger partial charge on any atom is -0.481 e. The lowest BCUT2D eigenvalue weighted by atomic mass is 10.4. The minimum absolute atomic E-state index is 0.617. The number of anilines is 1. The molecule has 0 aromatic carbocycles. The van der Waals surface area contributed by atoms with E-state index in [2.05, 4.69) is 10.3 Å². The van der Waals surface area contributed by atoms with Gasteiger partial charge in [-0.25, -0.2) is 4.98 Å². The lowest BCUT2D eigenvalue weighted by molar-refractivity contribution is 0.158. The summed E-state index contributed by atoms with van der Waals surface area (Å²) in [5, 5.41) is 3.21. The molecule has 0 bridgehead atoms. The summed E-state index contributed by atoms with van der Waals surface area (Å²) in [7, 11) is 1.60. The first-order valence-electron chi connectivity index (χ1n) is 4.68. The fourth-order valence-electron chi connectivity index (χ4n) is 1.04. The van der Waals surface area contributed by atoms with Gasteiger partial charge in [0, 0.05) is 31.1 Å². The Balaban J connectivity index is 2.34. The van der Waals surface area contributed by atoms with Crippen molar-refractivity contribution in [3.8, 4) is 5.88 Å². The number of nitrogens with one attached hydrogen (secondary N) is 1. The van der Waals surface area contributed by atoms with E-state index in [9.17, 15) is 0 Å². The number of ether oxygens (including phenoxy) is 2. The van der Waals surface area contributed by atoms with Crippen molar-refractivity contribution < 1.29 is 9.47 Å². The Labute approximate surface area is 84.3 Å². The van der Waals surface area contributed by atoms with Crippen LogP contribution in [0, 0.1) is 0 Å². The highest BCUT2D eigenvalue weighted by atomic mass is 16.5. The summed E-state index contributed by atoms with van der Waals surface area (Å²) in [6.07, 6.45) is 1.71. The van der Waals surface area contributed by atoms with E-state index in [1.807, 2.05) is 19.1 Å². The number of nitrogens with zero attached hydrogens (tertiary/aromatic N) is 1. The molecule has 0 spiro atoms. The molecule has 1 rings (SSSR count). The molecule has 1 N–H and O–H groups in total. The molecule has 0 saturated carbocycles. The highest BCUT2D eigenvalue weighted by molar-refractivity contribution is 5.44. The summed E-state index contributed by atoms with van der Waals surface area (Å²) in [6, 6.07) is 3.75. The third kappa shape index (κ3) is 3.62. The van der Waals surface area contributed by atoms with Gasteiger partial charge in [-0.15, -0.1) is 0 Å². The second-order valence-electron chi connectivity index (χ2n) is 2.71. The Morgan fingerprint density at radius 1 is 1.50 bits per heavy atom. The van der Waals surface area contributed by atoms with E-state index in [1.165, 1.54) is 0 Å². The van der Waals surface area contributed by atoms with Crippen LogP contribution in [0.15, 0.2) is 18.3 Å². The second-order valence-corrected chi connectivity index (χ2v) is 2.71. The number of hydrogen-bond acceptors (Lipinski definition) is 4.